The Morgan fingerprint density at radius 1 is 0.739 bits per heavy atom. The zero-order valence-electron chi connectivity index (χ0n) is 12.4. The van der Waals surface area contributed by atoms with Crippen molar-refractivity contribution in [2.75, 3.05) is 0 Å². The normalized spacial score (nSPS) is 12.7. The molecule has 1 aliphatic rings. The van der Waals surface area contributed by atoms with Crippen LogP contribution >= 0.6 is 0 Å². The van der Waals surface area contributed by atoms with Gasteiger partial charge in [0.05, 0.1) is 0 Å². The van der Waals surface area contributed by atoms with E-state index >= 15 is 0 Å². The van der Waals surface area contributed by atoms with E-state index in [2.05, 4.69) is 36.4 Å². The van der Waals surface area contributed by atoms with Crippen molar-refractivity contribution >= 4 is 21.5 Å². The number of hydrogen-bond donors (Lipinski definition) is 1. The molecule has 4 aromatic carbocycles. The van der Waals surface area contributed by atoms with Crippen LogP contribution < -0.4 is 4.74 Å². The van der Waals surface area contributed by atoms with E-state index in [1.54, 1.807) is 6.07 Å². The van der Waals surface area contributed by atoms with Gasteiger partial charge in [-0.1, -0.05) is 48.5 Å². The largest absolute Gasteiger partial charge is 0.508 e. The summed E-state index contributed by atoms with van der Waals surface area (Å²) in [5.41, 5.74) is 3.49. The highest BCUT2D eigenvalue weighted by atomic mass is 16.5. The minimum atomic E-state index is 0.276. The third-order valence-electron chi connectivity index (χ3n) is 4.62. The van der Waals surface area contributed by atoms with Gasteiger partial charge >= 0.3 is 0 Å². The highest BCUT2D eigenvalue weighted by Crippen LogP contribution is 2.46. The molecular formula is C21H14O2. The van der Waals surface area contributed by atoms with Crippen molar-refractivity contribution in [3.63, 3.8) is 0 Å². The van der Waals surface area contributed by atoms with Gasteiger partial charge in [0, 0.05) is 11.1 Å². The highest BCUT2D eigenvalue weighted by Gasteiger charge is 2.22. The fourth-order valence-corrected chi connectivity index (χ4v) is 3.55. The van der Waals surface area contributed by atoms with Crippen molar-refractivity contribution in [3.05, 3.63) is 72.3 Å². The topological polar surface area (TPSA) is 29.5 Å². The van der Waals surface area contributed by atoms with Crippen LogP contribution in [0.25, 0.3) is 32.7 Å². The van der Waals surface area contributed by atoms with Gasteiger partial charge in [0.1, 0.15) is 18.1 Å². The first-order valence-corrected chi connectivity index (χ1v) is 7.71. The molecule has 2 nitrogen and oxygen atoms in total. The molecule has 0 unspecified atom stereocenters. The lowest BCUT2D eigenvalue weighted by molar-refractivity contribution is 0.303. The van der Waals surface area contributed by atoms with Crippen LogP contribution in [0.4, 0.5) is 0 Å². The van der Waals surface area contributed by atoms with Crippen molar-refractivity contribution in [2.45, 2.75) is 6.61 Å². The standard InChI is InChI=1S/C21H14O2/c22-16-9-7-14-8-10-19-21(18(14)11-16)20-15(12-23-19)6-5-13-3-1-2-4-17(13)20/h1-11,22H,12H2. The van der Waals surface area contributed by atoms with E-state index in [4.69, 9.17) is 4.74 Å². The molecule has 0 aromatic heterocycles. The average Bonchev–Trinajstić information content (AvgIpc) is 2.60. The van der Waals surface area contributed by atoms with Gasteiger partial charge in [-0.15, -0.1) is 0 Å². The molecule has 0 saturated heterocycles. The fraction of sp³-hybridized carbons (Fsp3) is 0.0476. The van der Waals surface area contributed by atoms with Gasteiger partial charge < -0.3 is 9.84 Å². The first kappa shape index (κ1) is 12.5. The SMILES string of the molecule is Oc1ccc2ccc3c(c2c1)-c1c(ccc2ccccc12)CO3. The molecular weight excluding hydrogens is 284 g/mol. The Kier molecular flexibility index (Phi) is 2.45. The molecule has 0 atom stereocenters. The second kappa shape index (κ2) is 4.50. The maximum atomic E-state index is 9.95. The van der Waals surface area contributed by atoms with Gasteiger partial charge in [-0.25, -0.2) is 0 Å². The molecule has 1 aliphatic heterocycles. The summed E-state index contributed by atoms with van der Waals surface area (Å²) in [6, 6.07) is 22.3. The second-order valence-electron chi connectivity index (χ2n) is 5.95. The molecule has 0 aliphatic carbocycles. The minimum absolute atomic E-state index is 0.276. The molecule has 0 saturated carbocycles. The molecule has 5 rings (SSSR count). The lowest BCUT2D eigenvalue weighted by atomic mass is 9.88. The minimum Gasteiger partial charge on any atom is -0.508 e. The Labute approximate surface area is 133 Å². The van der Waals surface area contributed by atoms with Crippen molar-refractivity contribution in [2.24, 2.45) is 0 Å². The summed E-state index contributed by atoms with van der Waals surface area (Å²) in [5, 5.41) is 14.5. The third-order valence-corrected chi connectivity index (χ3v) is 4.62. The number of ether oxygens (including phenoxy) is 1. The van der Waals surface area contributed by atoms with E-state index < -0.39 is 0 Å². The first-order chi connectivity index (χ1) is 11.3. The molecule has 0 fully saturated rings. The summed E-state index contributed by atoms with van der Waals surface area (Å²) in [7, 11) is 0. The van der Waals surface area contributed by atoms with E-state index in [-0.39, 0.29) is 5.75 Å². The summed E-state index contributed by atoms with van der Waals surface area (Å²) in [4.78, 5) is 0. The van der Waals surface area contributed by atoms with E-state index in [0.717, 1.165) is 22.1 Å². The highest BCUT2D eigenvalue weighted by molar-refractivity contribution is 6.09. The number of phenolic OH excluding ortho intramolecular Hbond substituents is 1. The van der Waals surface area contributed by atoms with E-state index in [1.807, 2.05) is 24.3 Å². The molecule has 4 aromatic rings. The van der Waals surface area contributed by atoms with Crippen molar-refractivity contribution in [1.29, 1.82) is 0 Å². The molecule has 2 heteroatoms. The maximum Gasteiger partial charge on any atom is 0.128 e. The molecule has 0 radical (unpaired) electrons. The zero-order chi connectivity index (χ0) is 15.4. The van der Waals surface area contributed by atoms with Gasteiger partial charge in [-0.05, 0) is 45.3 Å². The average molecular weight is 298 g/mol. The number of phenols is 1. The monoisotopic (exact) mass is 298 g/mol. The molecule has 0 amide bonds. The Hall–Kier alpha value is -3.00. The van der Waals surface area contributed by atoms with Gasteiger partial charge in [-0.2, -0.15) is 0 Å². The number of benzene rings is 4. The predicted octanol–water partition coefficient (Wildman–Crippen LogP) is 5.26. The second-order valence-corrected chi connectivity index (χ2v) is 5.95. The summed E-state index contributed by atoms with van der Waals surface area (Å²) in [6.45, 7) is 0.581. The lowest BCUT2D eigenvalue weighted by Gasteiger charge is -2.24. The zero-order valence-corrected chi connectivity index (χ0v) is 12.4. The molecule has 23 heavy (non-hydrogen) atoms. The Morgan fingerprint density at radius 2 is 1.52 bits per heavy atom. The summed E-state index contributed by atoms with van der Waals surface area (Å²) in [5.74, 6) is 1.16. The van der Waals surface area contributed by atoms with Crippen LogP contribution in [0.1, 0.15) is 5.56 Å². The quantitative estimate of drug-likeness (QED) is 0.480. The van der Waals surface area contributed by atoms with E-state index in [9.17, 15) is 5.11 Å². The van der Waals surface area contributed by atoms with Crippen LogP contribution in [-0.4, -0.2) is 5.11 Å². The van der Waals surface area contributed by atoms with E-state index in [0.29, 0.717) is 6.61 Å². The van der Waals surface area contributed by atoms with Crippen molar-refractivity contribution in [3.8, 4) is 22.6 Å². The van der Waals surface area contributed by atoms with Gasteiger partial charge in [-0.3, -0.25) is 0 Å². The summed E-state index contributed by atoms with van der Waals surface area (Å²) < 4.78 is 5.97. The van der Waals surface area contributed by atoms with Crippen LogP contribution in [0, 0.1) is 0 Å². The van der Waals surface area contributed by atoms with Gasteiger partial charge in [0.15, 0.2) is 0 Å². The molecule has 0 spiro atoms. The van der Waals surface area contributed by atoms with Crippen LogP contribution in [0.2, 0.25) is 0 Å². The Bertz CT molecular complexity index is 1080. The molecule has 110 valence electrons. The predicted molar refractivity (Wildman–Crippen MR) is 92.9 cm³/mol. The maximum absolute atomic E-state index is 9.95. The van der Waals surface area contributed by atoms with Crippen molar-refractivity contribution in [1.82, 2.24) is 0 Å². The van der Waals surface area contributed by atoms with Crippen LogP contribution in [-0.2, 0) is 6.61 Å². The Morgan fingerprint density at radius 3 is 2.48 bits per heavy atom. The molecule has 1 N–H and O–H groups in total. The molecule has 1 heterocycles. The summed E-state index contributed by atoms with van der Waals surface area (Å²) >= 11 is 0. The van der Waals surface area contributed by atoms with Crippen LogP contribution in [0.15, 0.2) is 66.7 Å². The third kappa shape index (κ3) is 1.75. The lowest BCUT2D eigenvalue weighted by Crippen LogP contribution is -2.06. The van der Waals surface area contributed by atoms with Crippen LogP contribution in [0.5, 0.6) is 11.5 Å². The number of hydrogen-bond acceptors (Lipinski definition) is 2. The first-order valence-electron chi connectivity index (χ1n) is 7.71. The number of rotatable bonds is 0. The summed E-state index contributed by atoms with van der Waals surface area (Å²) in [6.07, 6.45) is 0. The Balaban J connectivity index is 2.00. The van der Waals surface area contributed by atoms with Crippen LogP contribution in [0.3, 0.4) is 0 Å². The number of fused-ring (bicyclic) bond motifs is 7. The molecule has 0 bridgehead atoms. The van der Waals surface area contributed by atoms with Gasteiger partial charge in [0.2, 0.25) is 0 Å². The van der Waals surface area contributed by atoms with E-state index in [1.165, 1.54) is 21.9 Å². The fourth-order valence-electron chi connectivity index (χ4n) is 3.55. The number of aromatic hydroxyl groups is 1. The van der Waals surface area contributed by atoms with Crippen molar-refractivity contribution < 1.29 is 9.84 Å². The smallest absolute Gasteiger partial charge is 0.128 e. The van der Waals surface area contributed by atoms with Gasteiger partial charge in [0.25, 0.3) is 0 Å².